The van der Waals surface area contributed by atoms with E-state index in [0.717, 1.165) is 5.56 Å². The Balaban J connectivity index is 2.74. The van der Waals surface area contributed by atoms with Gasteiger partial charge in [0.2, 0.25) is 0 Å². The Morgan fingerprint density at radius 3 is 2.53 bits per heavy atom. The molecule has 1 aromatic carbocycles. The number of ether oxygens (including phenoxy) is 1. The Morgan fingerprint density at radius 2 is 2.00 bits per heavy atom. The van der Waals surface area contributed by atoms with Crippen LogP contribution in [0.3, 0.4) is 0 Å². The zero-order chi connectivity index (χ0) is 13.0. The van der Waals surface area contributed by atoms with E-state index in [1.807, 2.05) is 6.92 Å². The van der Waals surface area contributed by atoms with Crippen molar-refractivity contribution in [2.75, 3.05) is 0 Å². The first kappa shape index (κ1) is 14.1. The Labute approximate surface area is 107 Å². The van der Waals surface area contributed by atoms with Crippen molar-refractivity contribution in [3.8, 4) is 0 Å². The van der Waals surface area contributed by atoms with Gasteiger partial charge in [0, 0.05) is 5.56 Å². The van der Waals surface area contributed by atoms with Crippen molar-refractivity contribution in [3.63, 3.8) is 0 Å². The molecule has 1 unspecified atom stereocenters. The average Bonchev–Trinajstić information content (AvgIpc) is 2.24. The Hall–Kier alpha value is -1.00. The van der Waals surface area contributed by atoms with Crippen molar-refractivity contribution in [3.05, 3.63) is 35.1 Å². The van der Waals surface area contributed by atoms with Gasteiger partial charge in [-0.3, -0.25) is 0 Å². The molecule has 0 fully saturated rings. The van der Waals surface area contributed by atoms with Crippen molar-refractivity contribution < 1.29 is 9.13 Å². The molecule has 0 saturated heterocycles. The smallest absolute Gasteiger partial charge is 0.124 e. The number of rotatable bonds is 5. The maximum Gasteiger partial charge on any atom is 0.124 e. The average molecular weight is 255 g/mol. The Bertz CT molecular complexity index is 406. The van der Waals surface area contributed by atoms with Gasteiger partial charge in [0.25, 0.3) is 0 Å². The van der Waals surface area contributed by atoms with Crippen LogP contribution in [0.15, 0.2) is 18.2 Å². The predicted molar refractivity (Wildman–Crippen MR) is 71.4 cm³/mol. The second-order valence-corrected chi connectivity index (χ2v) is 4.91. The minimum Gasteiger partial charge on any atom is -0.389 e. The molecule has 2 N–H and O–H groups in total. The summed E-state index contributed by atoms with van der Waals surface area (Å²) in [6.07, 6.45) is 0.131. The molecule has 0 amide bonds. The molecule has 4 heteroatoms. The van der Waals surface area contributed by atoms with E-state index in [4.69, 9.17) is 22.7 Å². The molecule has 0 bridgehead atoms. The lowest BCUT2D eigenvalue weighted by Gasteiger charge is -2.16. The van der Waals surface area contributed by atoms with Crippen LogP contribution in [0.25, 0.3) is 0 Å². The summed E-state index contributed by atoms with van der Waals surface area (Å²) in [6.45, 7) is 6.53. The third-order valence-corrected chi connectivity index (χ3v) is 2.93. The number of nitrogens with two attached hydrogens (primary N) is 1. The largest absolute Gasteiger partial charge is 0.389 e. The van der Waals surface area contributed by atoms with Gasteiger partial charge in [-0.25, -0.2) is 4.39 Å². The van der Waals surface area contributed by atoms with E-state index < -0.39 is 0 Å². The topological polar surface area (TPSA) is 35.2 Å². The van der Waals surface area contributed by atoms with Crippen LogP contribution in [0.5, 0.6) is 0 Å². The molecule has 0 saturated carbocycles. The van der Waals surface area contributed by atoms with E-state index in [2.05, 4.69) is 13.8 Å². The number of halogens is 1. The summed E-state index contributed by atoms with van der Waals surface area (Å²) in [5, 5.41) is 0. The van der Waals surface area contributed by atoms with Crippen LogP contribution in [0.4, 0.5) is 4.39 Å². The summed E-state index contributed by atoms with van der Waals surface area (Å²) in [4.78, 5) is 0.197. The molecule has 0 aliphatic carbocycles. The summed E-state index contributed by atoms with van der Waals surface area (Å²) in [5.74, 6) is 0.0877. The molecular formula is C13H18FNOS. The highest BCUT2D eigenvalue weighted by Gasteiger charge is 2.09. The van der Waals surface area contributed by atoms with Crippen LogP contribution in [0, 0.1) is 11.7 Å². The quantitative estimate of drug-likeness (QED) is 0.821. The lowest BCUT2D eigenvalue weighted by molar-refractivity contribution is 0.0234. The molecule has 0 aliphatic rings. The van der Waals surface area contributed by atoms with Gasteiger partial charge < -0.3 is 10.5 Å². The predicted octanol–water partition coefficient (Wildman–Crippen LogP) is 3.02. The van der Waals surface area contributed by atoms with Gasteiger partial charge in [0.15, 0.2) is 0 Å². The van der Waals surface area contributed by atoms with Crippen molar-refractivity contribution >= 4 is 17.2 Å². The standard InChI is InChI=1S/C13H18FNOS/c1-8(2)9(3)16-7-10-4-11(13(15)17)6-12(14)5-10/h4-6,8-9H,7H2,1-3H3,(H2,15,17). The van der Waals surface area contributed by atoms with Crippen molar-refractivity contribution in [1.82, 2.24) is 0 Å². The van der Waals surface area contributed by atoms with Crippen molar-refractivity contribution in [1.29, 1.82) is 0 Å². The second kappa shape index (κ2) is 6.07. The molecule has 0 radical (unpaired) electrons. The van der Waals surface area contributed by atoms with Crippen molar-refractivity contribution in [2.24, 2.45) is 11.7 Å². The fraction of sp³-hybridized carbons (Fsp3) is 0.462. The second-order valence-electron chi connectivity index (χ2n) is 4.47. The minimum absolute atomic E-state index is 0.131. The summed E-state index contributed by atoms with van der Waals surface area (Å²) in [7, 11) is 0. The summed E-state index contributed by atoms with van der Waals surface area (Å²) < 4.78 is 18.9. The highest BCUT2D eigenvalue weighted by Crippen LogP contribution is 2.13. The molecule has 0 spiro atoms. The van der Waals surface area contributed by atoms with Crippen LogP contribution >= 0.6 is 12.2 Å². The fourth-order valence-corrected chi connectivity index (χ4v) is 1.41. The number of benzene rings is 1. The third kappa shape index (κ3) is 4.40. The molecule has 17 heavy (non-hydrogen) atoms. The molecule has 1 aromatic rings. The lowest BCUT2D eigenvalue weighted by atomic mass is 10.1. The monoisotopic (exact) mass is 255 g/mol. The molecule has 1 rings (SSSR count). The first-order chi connectivity index (χ1) is 7.90. The van der Waals surface area contributed by atoms with E-state index in [9.17, 15) is 4.39 Å². The van der Waals surface area contributed by atoms with Gasteiger partial charge in [-0.15, -0.1) is 0 Å². The maximum absolute atomic E-state index is 13.3. The first-order valence-electron chi connectivity index (χ1n) is 5.61. The van der Waals surface area contributed by atoms with Gasteiger partial charge in [-0.2, -0.15) is 0 Å². The third-order valence-electron chi connectivity index (χ3n) is 2.69. The van der Waals surface area contributed by atoms with Crippen LogP contribution in [-0.4, -0.2) is 11.1 Å². The Kier molecular flexibility index (Phi) is 5.02. The number of thiocarbonyl (C=S) groups is 1. The van der Waals surface area contributed by atoms with E-state index in [1.54, 1.807) is 6.07 Å². The zero-order valence-electron chi connectivity index (χ0n) is 10.4. The highest BCUT2D eigenvalue weighted by molar-refractivity contribution is 7.80. The molecule has 0 aliphatic heterocycles. The molecular weight excluding hydrogens is 237 g/mol. The zero-order valence-corrected chi connectivity index (χ0v) is 11.2. The number of hydrogen-bond acceptors (Lipinski definition) is 2. The van der Waals surface area contributed by atoms with Gasteiger partial charge >= 0.3 is 0 Å². The molecule has 2 nitrogen and oxygen atoms in total. The van der Waals surface area contributed by atoms with E-state index in [-0.39, 0.29) is 16.9 Å². The molecule has 1 atom stereocenters. The van der Waals surface area contributed by atoms with E-state index in [0.29, 0.717) is 18.1 Å². The molecule has 0 heterocycles. The first-order valence-corrected chi connectivity index (χ1v) is 6.02. The summed E-state index contributed by atoms with van der Waals surface area (Å²) in [6, 6.07) is 4.53. The molecule has 94 valence electrons. The van der Waals surface area contributed by atoms with Crippen molar-refractivity contribution in [2.45, 2.75) is 33.5 Å². The number of hydrogen-bond donors (Lipinski definition) is 1. The SMILES string of the molecule is CC(C)C(C)OCc1cc(F)cc(C(N)=S)c1. The van der Waals surface area contributed by atoms with E-state index >= 15 is 0 Å². The van der Waals surface area contributed by atoms with Crippen LogP contribution < -0.4 is 5.73 Å². The van der Waals surface area contributed by atoms with Gasteiger partial charge in [-0.1, -0.05) is 26.1 Å². The normalized spacial score (nSPS) is 12.8. The molecule has 0 aromatic heterocycles. The maximum atomic E-state index is 13.3. The Morgan fingerprint density at radius 1 is 1.35 bits per heavy atom. The lowest BCUT2D eigenvalue weighted by Crippen LogP contribution is -2.15. The van der Waals surface area contributed by atoms with Crippen LogP contribution in [0.1, 0.15) is 31.9 Å². The summed E-state index contributed by atoms with van der Waals surface area (Å²) in [5.41, 5.74) is 6.77. The fourth-order valence-electron chi connectivity index (χ4n) is 1.30. The van der Waals surface area contributed by atoms with E-state index in [1.165, 1.54) is 12.1 Å². The van der Waals surface area contributed by atoms with Gasteiger partial charge in [-0.05, 0) is 36.6 Å². The highest BCUT2D eigenvalue weighted by atomic mass is 32.1. The summed E-state index contributed by atoms with van der Waals surface area (Å²) >= 11 is 4.83. The van der Waals surface area contributed by atoms with Gasteiger partial charge in [0.1, 0.15) is 10.8 Å². The van der Waals surface area contributed by atoms with Crippen LogP contribution in [-0.2, 0) is 11.3 Å². The van der Waals surface area contributed by atoms with Crippen LogP contribution in [0.2, 0.25) is 0 Å². The van der Waals surface area contributed by atoms with Gasteiger partial charge in [0.05, 0.1) is 12.7 Å². The minimum atomic E-state index is -0.342.